The van der Waals surface area contributed by atoms with Crippen molar-refractivity contribution < 1.29 is 56.2 Å². The van der Waals surface area contributed by atoms with E-state index in [-0.39, 0.29) is 39.4 Å². The van der Waals surface area contributed by atoms with Gasteiger partial charge in [-0.25, -0.2) is 0 Å². The zero-order valence-corrected chi connectivity index (χ0v) is 17.2. The van der Waals surface area contributed by atoms with Gasteiger partial charge in [-0.1, -0.05) is 73.8 Å². The molecule has 0 fully saturated rings. The number of carbonyl (C=O) groups is 2. The van der Waals surface area contributed by atoms with Gasteiger partial charge in [-0.05, 0) is 23.3 Å². The summed E-state index contributed by atoms with van der Waals surface area (Å²) in [4.78, 5) is 18.3. The van der Waals surface area contributed by atoms with Crippen LogP contribution in [0.15, 0.2) is 86.0 Å². The van der Waals surface area contributed by atoms with Crippen LogP contribution >= 0.6 is 0 Å². The third-order valence-electron chi connectivity index (χ3n) is 2.38. The molecular formula is C20H22O6Zr. The maximum atomic E-state index is 9.14. The average Bonchev–Trinajstić information content (AvgIpc) is 2.70. The number of carbonyl (C=O) groups excluding carboxylic acids is 2. The second-order valence-electron chi connectivity index (χ2n) is 4.33. The number of aliphatic hydroxyl groups excluding tert-OH is 2. The minimum absolute atomic E-state index is 0. The normalized spacial score (nSPS) is 7.78. The molecule has 0 spiro atoms. The number of aliphatic hydroxyl groups is 2. The smallest absolute Gasteiger partial charge is 0.545 e. The van der Waals surface area contributed by atoms with E-state index >= 15 is 0 Å². The Kier molecular flexibility index (Phi) is 23.7. The molecule has 2 aromatic rings. The van der Waals surface area contributed by atoms with Crippen molar-refractivity contribution in [3.8, 4) is 0 Å². The van der Waals surface area contributed by atoms with Crippen LogP contribution < -0.4 is 10.2 Å². The molecular weight excluding hydrogens is 427 g/mol. The summed E-state index contributed by atoms with van der Waals surface area (Å²) in [7, 11) is 0. The quantitative estimate of drug-likeness (QED) is 0.644. The first kappa shape index (κ1) is 29.4. The van der Waals surface area contributed by atoms with Crippen LogP contribution in [0.25, 0.3) is 0 Å². The van der Waals surface area contributed by atoms with Gasteiger partial charge in [-0.2, -0.15) is 0 Å². The Balaban J connectivity index is -0.000000289. The third-order valence-corrected chi connectivity index (χ3v) is 2.38. The van der Waals surface area contributed by atoms with Crippen LogP contribution in [0.3, 0.4) is 0 Å². The van der Waals surface area contributed by atoms with E-state index in [0.717, 1.165) is 23.3 Å². The molecule has 0 radical (unpaired) electrons. The van der Waals surface area contributed by atoms with Crippen molar-refractivity contribution in [3.05, 3.63) is 97.1 Å². The summed E-state index contributed by atoms with van der Waals surface area (Å²) in [5.41, 5.74) is 1.93. The molecule has 0 saturated heterocycles. The van der Waals surface area contributed by atoms with E-state index in [4.69, 9.17) is 30.0 Å². The predicted molar refractivity (Wildman–Crippen MR) is 95.1 cm³/mol. The van der Waals surface area contributed by atoms with Crippen molar-refractivity contribution in [2.75, 3.05) is 0 Å². The second kappa shape index (κ2) is 21.7. The molecule has 0 aliphatic rings. The Hall–Kier alpha value is -2.34. The molecule has 7 heteroatoms. The number of carboxylic acids is 2. The van der Waals surface area contributed by atoms with E-state index in [2.05, 4.69) is 13.2 Å². The van der Waals surface area contributed by atoms with E-state index in [1.807, 2.05) is 60.7 Å². The molecule has 0 aliphatic carbocycles. The zero-order chi connectivity index (χ0) is 20.2. The van der Waals surface area contributed by atoms with Gasteiger partial charge < -0.3 is 30.0 Å². The van der Waals surface area contributed by atoms with Crippen molar-refractivity contribution in [2.24, 2.45) is 0 Å². The molecule has 0 bridgehead atoms. The summed E-state index contributed by atoms with van der Waals surface area (Å²) in [6.45, 7) is 6.08. The van der Waals surface area contributed by atoms with Gasteiger partial charge in [0, 0.05) is 0 Å². The van der Waals surface area contributed by atoms with Crippen molar-refractivity contribution in [2.45, 2.75) is 13.2 Å². The summed E-state index contributed by atoms with van der Waals surface area (Å²) >= 11 is 0. The zero-order valence-electron chi connectivity index (χ0n) is 14.8. The first-order valence-electron chi connectivity index (χ1n) is 7.37. The molecule has 0 aliphatic heterocycles. The topological polar surface area (TPSA) is 121 Å². The van der Waals surface area contributed by atoms with Crippen LogP contribution in [0.5, 0.6) is 0 Å². The number of hydrogen-bond donors (Lipinski definition) is 2. The minimum Gasteiger partial charge on any atom is -0.545 e. The van der Waals surface area contributed by atoms with Gasteiger partial charge in [-0.15, -0.1) is 0 Å². The average molecular weight is 450 g/mol. The number of rotatable bonds is 4. The van der Waals surface area contributed by atoms with Gasteiger partial charge in [0.25, 0.3) is 0 Å². The van der Waals surface area contributed by atoms with Gasteiger partial charge >= 0.3 is 26.2 Å². The van der Waals surface area contributed by atoms with E-state index < -0.39 is 11.9 Å². The monoisotopic (exact) mass is 448 g/mol. The predicted octanol–water partition coefficient (Wildman–Crippen LogP) is 0.200. The molecule has 142 valence electrons. The SMILES string of the molecule is C=CC(=O)[O-].C=CC(=O)[O-].OCc1ccccc1.OCc1ccccc1.[Zr+2]. The third kappa shape index (κ3) is 23.7. The standard InChI is InChI=1S/2C7H8O.2C3H4O2.Zr/c2*8-6-7-4-2-1-3-5-7;2*1-2-3(4)5;/h2*1-5,8H,6H2;2*2H,1H2,(H,4,5);/q;;;;+2/p-2. The molecule has 0 aromatic heterocycles. The van der Waals surface area contributed by atoms with Crippen molar-refractivity contribution in [1.29, 1.82) is 0 Å². The van der Waals surface area contributed by atoms with Crippen molar-refractivity contribution in [3.63, 3.8) is 0 Å². The van der Waals surface area contributed by atoms with Gasteiger partial charge in [0.05, 0.1) is 25.2 Å². The molecule has 0 heterocycles. The summed E-state index contributed by atoms with van der Waals surface area (Å²) in [5, 5.41) is 35.4. The summed E-state index contributed by atoms with van der Waals surface area (Å²) in [6.07, 6.45) is 1.44. The molecule has 0 atom stereocenters. The Morgan fingerprint density at radius 2 is 0.963 bits per heavy atom. The summed E-state index contributed by atoms with van der Waals surface area (Å²) in [5.74, 6) is -2.46. The number of carboxylic acid groups (broad SMARTS) is 2. The molecule has 27 heavy (non-hydrogen) atoms. The second-order valence-corrected chi connectivity index (χ2v) is 4.33. The van der Waals surface area contributed by atoms with Crippen molar-refractivity contribution in [1.82, 2.24) is 0 Å². The number of benzene rings is 2. The molecule has 0 saturated carbocycles. The maximum absolute atomic E-state index is 9.14. The first-order valence-corrected chi connectivity index (χ1v) is 7.37. The van der Waals surface area contributed by atoms with Crippen LogP contribution in [-0.4, -0.2) is 22.2 Å². The number of hydrogen-bond acceptors (Lipinski definition) is 6. The minimum atomic E-state index is -1.23. The van der Waals surface area contributed by atoms with Gasteiger partial charge in [0.2, 0.25) is 0 Å². The molecule has 2 aromatic carbocycles. The van der Waals surface area contributed by atoms with E-state index in [1.54, 1.807) is 0 Å². The van der Waals surface area contributed by atoms with Gasteiger partial charge in [-0.3, -0.25) is 0 Å². The fourth-order valence-corrected chi connectivity index (χ4v) is 1.17. The van der Waals surface area contributed by atoms with Crippen LogP contribution in [0.1, 0.15) is 11.1 Å². The largest absolute Gasteiger partial charge is 2.00 e. The first-order chi connectivity index (χ1) is 12.4. The Labute approximate surface area is 178 Å². The molecule has 2 N–H and O–H groups in total. The van der Waals surface area contributed by atoms with Gasteiger partial charge in [0.15, 0.2) is 0 Å². The van der Waals surface area contributed by atoms with Crippen LogP contribution in [0.2, 0.25) is 0 Å². The molecule has 0 amide bonds. The molecule has 6 nitrogen and oxygen atoms in total. The fourth-order valence-electron chi connectivity index (χ4n) is 1.17. The van der Waals surface area contributed by atoms with Crippen LogP contribution in [0.4, 0.5) is 0 Å². The summed E-state index contributed by atoms with van der Waals surface area (Å²) < 4.78 is 0. The Bertz CT molecular complexity index is 572. The van der Waals surface area contributed by atoms with Crippen molar-refractivity contribution >= 4 is 11.9 Å². The number of aliphatic carboxylic acids is 2. The molecule has 2 rings (SSSR count). The van der Waals surface area contributed by atoms with Gasteiger partial charge in [0.1, 0.15) is 0 Å². The maximum Gasteiger partial charge on any atom is 2.00 e. The van der Waals surface area contributed by atoms with E-state index in [0.29, 0.717) is 0 Å². The Morgan fingerprint density at radius 1 is 0.741 bits per heavy atom. The summed E-state index contributed by atoms with van der Waals surface area (Å²) in [6, 6.07) is 19.0. The Morgan fingerprint density at radius 3 is 1.07 bits per heavy atom. The van der Waals surface area contributed by atoms with E-state index in [1.165, 1.54) is 0 Å². The van der Waals surface area contributed by atoms with Crippen LogP contribution in [-0.2, 0) is 49.0 Å². The van der Waals surface area contributed by atoms with E-state index in [9.17, 15) is 0 Å². The fraction of sp³-hybridized carbons (Fsp3) is 0.100. The van der Waals surface area contributed by atoms with Crippen LogP contribution in [0, 0.1) is 0 Å². The molecule has 0 unspecified atom stereocenters.